The van der Waals surface area contributed by atoms with E-state index in [2.05, 4.69) is 10.6 Å². The van der Waals surface area contributed by atoms with E-state index in [-0.39, 0.29) is 5.69 Å². The third-order valence-electron chi connectivity index (χ3n) is 3.01. The van der Waals surface area contributed by atoms with Crippen LogP contribution in [-0.4, -0.2) is 23.2 Å². The van der Waals surface area contributed by atoms with Gasteiger partial charge in [0.15, 0.2) is 5.11 Å². The first kappa shape index (κ1) is 16.7. The van der Waals surface area contributed by atoms with E-state index in [0.717, 1.165) is 5.75 Å². The summed E-state index contributed by atoms with van der Waals surface area (Å²) < 4.78 is 5.58. The van der Waals surface area contributed by atoms with Crippen LogP contribution in [0.25, 0.3) is 0 Å². The number of thiocarbonyl (C=S) groups is 1. The van der Waals surface area contributed by atoms with Gasteiger partial charge in [0.2, 0.25) is 0 Å². The summed E-state index contributed by atoms with van der Waals surface area (Å²) in [5, 5.41) is 17.0. The maximum Gasteiger partial charge on any atom is 0.269 e. The van der Waals surface area contributed by atoms with Crippen LogP contribution in [0.5, 0.6) is 5.75 Å². The molecule has 0 aliphatic rings. The van der Waals surface area contributed by atoms with Crippen LogP contribution in [-0.2, 0) is 0 Å². The molecule has 0 radical (unpaired) electrons. The molecule has 0 saturated carbocycles. The lowest BCUT2D eigenvalue weighted by Crippen LogP contribution is -2.31. The molecule has 7 heteroatoms. The molecular weight excluding hydrogens is 314 g/mol. The van der Waals surface area contributed by atoms with Gasteiger partial charge in [-0.25, -0.2) is 0 Å². The highest BCUT2D eigenvalue weighted by Crippen LogP contribution is 2.15. The van der Waals surface area contributed by atoms with Crippen LogP contribution in [0.4, 0.5) is 11.4 Å². The summed E-state index contributed by atoms with van der Waals surface area (Å²) >= 11 is 5.16. The summed E-state index contributed by atoms with van der Waals surface area (Å²) in [6.07, 6.45) is 0. The molecule has 0 heterocycles. The fourth-order valence-electron chi connectivity index (χ4n) is 1.81. The molecule has 0 fully saturated rings. The molecule has 2 N–H and O–H groups in total. The lowest BCUT2D eigenvalue weighted by atomic mass is 10.2. The molecule has 2 rings (SSSR count). The average molecular weight is 331 g/mol. The van der Waals surface area contributed by atoms with Gasteiger partial charge in [-0.1, -0.05) is 17.7 Å². The Labute approximate surface area is 139 Å². The number of aryl methyl sites for hydroxylation is 1. The lowest BCUT2D eigenvalue weighted by Gasteiger charge is -2.11. The lowest BCUT2D eigenvalue weighted by molar-refractivity contribution is -0.384. The first-order chi connectivity index (χ1) is 11.0. The van der Waals surface area contributed by atoms with Gasteiger partial charge in [0, 0.05) is 17.8 Å². The van der Waals surface area contributed by atoms with Crippen LogP contribution in [0.3, 0.4) is 0 Å². The second kappa shape index (κ2) is 8.09. The van der Waals surface area contributed by atoms with Gasteiger partial charge < -0.3 is 15.4 Å². The number of hydrogen-bond donors (Lipinski definition) is 2. The number of non-ortho nitro benzene ring substituents is 1. The Balaban J connectivity index is 1.70. The Morgan fingerprint density at radius 2 is 1.83 bits per heavy atom. The maximum atomic E-state index is 10.6. The van der Waals surface area contributed by atoms with Crippen LogP contribution in [0, 0.1) is 17.0 Å². The molecule has 23 heavy (non-hydrogen) atoms. The van der Waals surface area contributed by atoms with Crippen molar-refractivity contribution in [1.29, 1.82) is 0 Å². The van der Waals surface area contributed by atoms with Crippen LogP contribution in [0.2, 0.25) is 0 Å². The number of anilines is 1. The molecule has 6 nitrogen and oxygen atoms in total. The van der Waals surface area contributed by atoms with Crippen LogP contribution >= 0.6 is 12.2 Å². The minimum absolute atomic E-state index is 0.0425. The zero-order valence-corrected chi connectivity index (χ0v) is 13.4. The zero-order chi connectivity index (χ0) is 16.7. The van der Waals surface area contributed by atoms with Crippen molar-refractivity contribution in [3.05, 3.63) is 64.2 Å². The fraction of sp³-hybridized carbons (Fsp3) is 0.188. The SMILES string of the molecule is Cc1ccc(OCCNC(=S)Nc2ccc([N+](=O)[O-])cc2)cc1. The van der Waals surface area contributed by atoms with Gasteiger partial charge in [0.1, 0.15) is 12.4 Å². The molecule has 0 aliphatic carbocycles. The van der Waals surface area contributed by atoms with E-state index in [1.807, 2.05) is 31.2 Å². The van der Waals surface area contributed by atoms with Gasteiger partial charge in [0.05, 0.1) is 11.5 Å². The van der Waals surface area contributed by atoms with Gasteiger partial charge in [-0.15, -0.1) is 0 Å². The summed E-state index contributed by atoms with van der Waals surface area (Å²) in [5.41, 5.74) is 1.91. The molecule has 0 unspecified atom stereocenters. The summed E-state index contributed by atoms with van der Waals surface area (Å²) in [7, 11) is 0. The second-order valence-electron chi connectivity index (χ2n) is 4.85. The number of hydrogen-bond acceptors (Lipinski definition) is 4. The molecule has 2 aromatic rings. The van der Waals surface area contributed by atoms with E-state index in [9.17, 15) is 10.1 Å². The van der Waals surface area contributed by atoms with Crippen molar-refractivity contribution >= 4 is 28.7 Å². The predicted molar refractivity (Wildman–Crippen MR) is 94.0 cm³/mol. The summed E-state index contributed by atoms with van der Waals surface area (Å²) in [6.45, 7) is 3.05. The Morgan fingerprint density at radius 3 is 2.43 bits per heavy atom. The van der Waals surface area contributed by atoms with Gasteiger partial charge >= 0.3 is 0 Å². The molecule has 0 aromatic heterocycles. The maximum absolute atomic E-state index is 10.6. The molecular formula is C16H17N3O3S. The Morgan fingerprint density at radius 1 is 1.17 bits per heavy atom. The standard InChI is InChI=1S/C16H17N3O3S/c1-12-2-8-15(9-3-12)22-11-10-17-16(23)18-13-4-6-14(7-5-13)19(20)21/h2-9H,10-11H2,1H3,(H2,17,18,23). The number of nitrogens with zero attached hydrogens (tertiary/aromatic N) is 1. The van der Waals surface area contributed by atoms with E-state index < -0.39 is 4.92 Å². The molecule has 0 amide bonds. The predicted octanol–water partition coefficient (Wildman–Crippen LogP) is 3.27. The van der Waals surface area contributed by atoms with Crippen LogP contribution in [0.1, 0.15) is 5.56 Å². The van der Waals surface area contributed by atoms with Crippen LogP contribution < -0.4 is 15.4 Å². The molecule has 0 bridgehead atoms. The van der Waals surface area contributed by atoms with Crippen molar-refractivity contribution in [3.8, 4) is 5.75 Å². The Bertz CT molecular complexity index is 672. The largest absolute Gasteiger partial charge is 0.492 e. The third kappa shape index (κ3) is 5.55. The summed E-state index contributed by atoms with van der Waals surface area (Å²) in [5.74, 6) is 0.812. The smallest absolute Gasteiger partial charge is 0.269 e. The van der Waals surface area contributed by atoms with E-state index in [0.29, 0.717) is 24.0 Å². The van der Waals surface area contributed by atoms with Crippen molar-refractivity contribution < 1.29 is 9.66 Å². The van der Waals surface area contributed by atoms with Crippen molar-refractivity contribution in [2.75, 3.05) is 18.5 Å². The molecule has 0 spiro atoms. The number of ether oxygens (including phenoxy) is 1. The monoisotopic (exact) mass is 331 g/mol. The van der Waals surface area contributed by atoms with E-state index in [1.54, 1.807) is 12.1 Å². The Hall–Kier alpha value is -2.67. The normalized spacial score (nSPS) is 9.96. The van der Waals surface area contributed by atoms with Gasteiger partial charge in [0.25, 0.3) is 5.69 Å². The van der Waals surface area contributed by atoms with E-state index >= 15 is 0 Å². The highest BCUT2D eigenvalue weighted by atomic mass is 32.1. The topological polar surface area (TPSA) is 76.4 Å². The quantitative estimate of drug-likeness (QED) is 0.366. The molecule has 120 valence electrons. The van der Waals surface area contributed by atoms with E-state index in [1.165, 1.54) is 17.7 Å². The van der Waals surface area contributed by atoms with Crippen molar-refractivity contribution in [2.24, 2.45) is 0 Å². The summed E-state index contributed by atoms with van der Waals surface area (Å²) in [6, 6.07) is 13.9. The summed E-state index contributed by atoms with van der Waals surface area (Å²) in [4.78, 5) is 10.1. The number of nitrogens with one attached hydrogen (secondary N) is 2. The van der Waals surface area contributed by atoms with Gasteiger partial charge in [-0.3, -0.25) is 10.1 Å². The molecule has 0 atom stereocenters. The number of benzene rings is 2. The number of nitro benzene ring substituents is 1. The highest BCUT2D eigenvalue weighted by Gasteiger charge is 2.04. The number of nitro groups is 1. The van der Waals surface area contributed by atoms with Crippen molar-refractivity contribution in [3.63, 3.8) is 0 Å². The van der Waals surface area contributed by atoms with Crippen molar-refractivity contribution in [1.82, 2.24) is 5.32 Å². The molecule has 2 aromatic carbocycles. The number of rotatable bonds is 6. The minimum atomic E-state index is -0.442. The molecule has 0 saturated heterocycles. The second-order valence-corrected chi connectivity index (χ2v) is 5.25. The third-order valence-corrected chi connectivity index (χ3v) is 3.26. The molecule has 0 aliphatic heterocycles. The first-order valence-corrected chi connectivity index (χ1v) is 7.44. The first-order valence-electron chi connectivity index (χ1n) is 7.03. The van der Waals surface area contributed by atoms with Gasteiger partial charge in [-0.2, -0.15) is 0 Å². The zero-order valence-electron chi connectivity index (χ0n) is 12.6. The minimum Gasteiger partial charge on any atom is -0.492 e. The average Bonchev–Trinajstić information content (AvgIpc) is 2.54. The Kier molecular flexibility index (Phi) is 5.87. The van der Waals surface area contributed by atoms with Crippen molar-refractivity contribution in [2.45, 2.75) is 6.92 Å². The van der Waals surface area contributed by atoms with Crippen LogP contribution in [0.15, 0.2) is 48.5 Å². The fourth-order valence-corrected chi connectivity index (χ4v) is 2.03. The van der Waals surface area contributed by atoms with E-state index in [4.69, 9.17) is 17.0 Å². The van der Waals surface area contributed by atoms with Gasteiger partial charge in [-0.05, 0) is 43.4 Å². The highest BCUT2D eigenvalue weighted by molar-refractivity contribution is 7.80.